The molecule has 0 amide bonds. The second-order valence-corrected chi connectivity index (χ2v) is 3.47. The van der Waals surface area contributed by atoms with Gasteiger partial charge in [0.25, 0.3) is 0 Å². The van der Waals surface area contributed by atoms with Gasteiger partial charge in [0.15, 0.2) is 5.78 Å². The molecule has 82 valence electrons. The van der Waals surface area contributed by atoms with Gasteiger partial charge < -0.3 is 0 Å². The van der Waals surface area contributed by atoms with Gasteiger partial charge in [0.1, 0.15) is 6.58 Å². The quantitative estimate of drug-likeness (QED) is 0.797. The van der Waals surface area contributed by atoms with Crippen LogP contribution < -0.4 is 0 Å². The van der Waals surface area contributed by atoms with Gasteiger partial charge in [-0.05, 0) is 12.1 Å². The van der Waals surface area contributed by atoms with E-state index < -0.39 is 18.7 Å². The van der Waals surface area contributed by atoms with E-state index in [0.717, 1.165) is 0 Å². The zero-order chi connectivity index (χ0) is 12.3. The fourth-order valence-corrected chi connectivity index (χ4v) is 1.07. The maximum atomic E-state index is 11.7. The van der Waals surface area contributed by atoms with E-state index in [1.54, 1.807) is 0 Å². The van der Waals surface area contributed by atoms with E-state index in [1.807, 2.05) is 0 Å². The van der Waals surface area contributed by atoms with Gasteiger partial charge in [-0.3, -0.25) is 9.53 Å². The molecule has 1 rings (SSSR count). The Balaban J connectivity index is 2.74. The van der Waals surface area contributed by atoms with E-state index in [1.165, 1.54) is 24.3 Å². The number of hydrogen-bond donors (Lipinski definition) is 0. The minimum Gasteiger partial charge on any atom is -0.292 e. The first-order chi connectivity index (χ1) is 7.29. The van der Waals surface area contributed by atoms with E-state index >= 15 is 0 Å². The molecule has 0 aliphatic heterocycles. The van der Waals surface area contributed by atoms with Crippen LogP contribution in [0.5, 0.6) is 0 Å². The smallest absolute Gasteiger partial charge is 0.292 e. The Bertz CT molecular complexity index is 377. The SMILES string of the molecule is [2H]C(OC(F)(F)F)C(=O)c1ccc(Br)cc1. The van der Waals surface area contributed by atoms with Gasteiger partial charge in [-0.25, -0.2) is 0 Å². The minimum atomic E-state index is -4.99. The van der Waals surface area contributed by atoms with Gasteiger partial charge in [-0.2, -0.15) is 0 Å². The molecule has 0 saturated heterocycles. The van der Waals surface area contributed by atoms with Crippen molar-refractivity contribution in [2.24, 2.45) is 0 Å². The zero-order valence-corrected chi connectivity index (χ0v) is 8.80. The zero-order valence-electron chi connectivity index (χ0n) is 8.22. The van der Waals surface area contributed by atoms with E-state index in [4.69, 9.17) is 1.37 Å². The summed E-state index contributed by atoms with van der Waals surface area (Å²) in [5.74, 6) is -1.04. The summed E-state index contributed by atoms with van der Waals surface area (Å²) in [6, 6.07) is 5.61. The predicted octanol–water partition coefficient (Wildman–Crippen LogP) is 3.17. The molecule has 1 unspecified atom stereocenters. The monoisotopic (exact) mass is 283 g/mol. The third-order valence-electron chi connectivity index (χ3n) is 1.43. The average Bonchev–Trinajstić information content (AvgIpc) is 2.15. The molecule has 0 fully saturated rings. The number of ether oxygens (including phenoxy) is 1. The number of halogens is 4. The van der Waals surface area contributed by atoms with Gasteiger partial charge in [0.2, 0.25) is 0 Å². The molecule has 15 heavy (non-hydrogen) atoms. The van der Waals surface area contributed by atoms with Crippen molar-refractivity contribution in [1.29, 1.82) is 0 Å². The van der Waals surface area contributed by atoms with Crippen LogP contribution in [0.25, 0.3) is 0 Å². The lowest BCUT2D eigenvalue weighted by Crippen LogP contribution is -2.19. The number of carbonyl (C=O) groups excluding carboxylic acids is 1. The summed E-state index contributed by atoms with van der Waals surface area (Å²) in [5.41, 5.74) is -0.00699. The Labute approximate surface area is 93.6 Å². The molecule has 0 aromatic heterocycles. The van der Waals surface area contributed by atoms with Crippen molar-refractivity contribution < 1.29 is 24.1 Å². The Morgan fingerprint density at radius 2 is 1.93 bits per heavy atom. The topological polar surface area (TPSA) is 26.3 Å². The van der Waals surface area contributed by atoms with Crippen LogP contribution in [0.15, 0.2) is 28.7 Å². The Kier molecular flexibility index (Phi) is 3.37. The summed E-state index contributed by atoms with van der Waals surface area (Å²) >= 11 is 3.11. The van der Waals surface area contributed by atoms with E-state index in [-0.39, 0.29) is 5.56 Å². The highest BCUT2D eigenvalue weighted by Gasteiger charge is 2.30. The Morgan fingerprint density at radius 1 is 1.40 bits per heavy atom. The molecule has 1 atom stereocenters. The average molecular weight is 284 g/mol. The minimum absolute atomic E-state index is 0.00699. The van der Waals surface area contributed by atoms with Gasteiger partial charge >= 0.3 is 6.36 Å². The normalized spacial score (nSPS) is 14.5. The first-order valence-corrected chi connectivity index (χ1v) is 4.55. The first-order valence-electron chi connectivity index (χ1n) is 4.34. The molecule has 2 nitrogen and oxygen atoms in total. The molecule has 0 bridgehead atoms. The van der Waals surface area contributed by atoms with E-state index in [0.29, 0.717) is 4.47 Å². The fourth-order valence-electron chi connectivity index (χ4n) is 0.803. The number of benzene rings is 1. The largest absolute Gasteiger partial charge is 0.522 e. The molecule has 0 spiro atoms. The fraction of sp³-hybridized carbons (Fsp3) is 0.222. The van der Waals surface area contributed by atoms with Gasteiger partial charge in [-0.15, -0.1) is 13.2 Å². The number of carbonyl (C=O) groups is 1. The maximum Gasteiger partial charge on any atom is 0.522 e. The van der Waals surface area contributed by atoms with Gasteiger partial charge in [0.05, 0.1) is 1.37 Å². The van der Waals surface area contributed by atoms with Crippen LogP contribution in [-0.2, 0) is 4.74 Å². The standard InChI is InChI=1S/C9H6BrF3O2/c10-7-3-1-6(2-4-7)8(14)5-15-9(11,12)13/h1-4H,5H2/i5D. The van der Waals surface area contributed by atoms with Crippen molar-refractivity contribution in [2.45, 2.75) is 6.36 Å². The Morgan fingerprint density at radius 3 is 2.40 bits per heavy atom. The molecular weight excluding hydrogens is 277 g/mol. The molecule has 0 radical (unpaired) electrons. The van der Waals surface area contributed by atoms with Crippen LogP contribution in [-0.4, -0.2) is 18.7 Å². The molecule has 0 saturated carbocycles. The van der Waals surface area contributed by atoms with Crippen molar-refractivity contribution >= 4 is 21.7 Å². The maximum absolute atomic E-state index is 11.7. The van der Waals surface area contributed by atoms with Crippen molar-refractivity contribution in [1.82, 2.24) is 0 Å². The number of ketones is 1. The summed E-state index contributed by atoms with van der Waals surface area (Å²) in [6.07, 6.45) is -4.99. The van der Waals surface area contributed by atoms with Crippen LogP contribution in [0, 0.1) is 0 Å². The third-order valence-corrected chi connectivity index (χ3v) is 1.96. The summed E-state index contributed by atoms with van der Waals surface area (Å²) in [4.78, 5) is 11.3. The van der Waals surface area contributed by atoms with Gasteiger partial charge in [0, 0.05) is 10.0 Å². The lowest BCUT2D eigenvalue weighted by Gasteiger charge is -2.06. The van der Waals surface area contributed by atoms with Gasteiger partial charge in [-0.1, -0.05) is 28.1 Å². The number of rotatable bonds is 3. The summed E-state index contributed by atoms with van der Waals surface area (Å²) < 4.78 is 46.1. The molecule has 0 aliphatic rings. The molecular formula is C9H6BrF3O2. The molecule has 0 aliphatic carbocycles. The molecule has 1 aromatic carbocycles. The van der Waals surface area contributed by atoms with Crippen LogP contribution >= 0.6 is 15.9 Å². The Hall–Kier alpha value is -0.880. The second kappa shape index (κ2) is 4.76. The second-order valence-electron chi connectivity index (χ2n) is 2.55. The van der Waals surface area contributed by atoms with Crippen molar-refractivity contribution in [3.05, 3.63) is 34.3 Å². The van der Waals surface area contributed by atoms with Crippen LogP contribution in [0.1, 0.15) is 11.7 Å². The van der Waals surface area contributed by atoms with E-state index in [9.17, 15) is 18.0 Å². The highest BCUT2D eigenvalue weighted by Crippen LogP contribution is 2.17. The first kappa shape index (κ1) is 10.6. The van der Waals surface area contributed by atoms with Crippen LogP contribution in [0.4, 0.5) is 13.2 Å². The highest BCUT2D eigenvalue weighted by atomic mass is 79.9. The van der Waals surface area contributed by atoms with Crippen molar-refractivity contribution in [3.63, 3.8) is 0 Å². The lowest BCUT2D eigenvalue weighted by molar-refractivity contribution is -0.318. The van der Waals surface area contributed by atoms with Crippen molar-refractivity contribution in [2.75, 3.05) is 6.58 Å². The number of alkyl halides is 3. The summed E-state index contributed by atoms with van der Waals surface area (Å²) in [5, 5.41) is 0. The molecule has 6 heteroatoms. The third kappa shape index (κ3) is 4.44. The highest BCUT2D eigenvalue weighted by molar-refractivity contribution is 9.10. The predicted molar refractivity (Wildman–Crippen MR) is 50.5 cm³/mol. The number of hydrogen-bond acceptors (Lipinski definition) is 2. The lowest BCUT2D eigenvalue weighted by atomic mass is 10.1. The van der Waals surface area contributed by atoms with Crippen LogP contribution in [0.3, 0.4) is 0 Å². The van der Waals surface area contributed by atoms with E-state index in [2.05, 4.69) is 20.7 Å². The van der Waals surface area contributed by atoms with Crippen LogP contribution in [0.2, 0.25) is 0 Å². The summed E-state index contributed by atoms with van der Waals surface area (Å²) in [6.45, 7) is -2.29. The summed E-state index contributed by atoms with van der Waals surface area (Å²) in [7, 11) is 0. The molecule has 0 heterocycles. The molecule has 1 aromatic rings. The number of Topliss-reactive ketones (excluding diaryl/α,β-unsaturated/α-hetero) is 1. The van der Waals surface area contributed by atoms with Crippen molar-refractivity contribution in [3.8, 4) is 0 Å². The molecule has 0 N–H and O–H groups in total.